The Morgan fingerprint density at radius 3 is 0.619 bits per heavy atom. The minimum atomic E-state index is -1.75. The molecule has 21 heavy (non-hydrogen) atoms. The van der Waals surface area contributed by atoms with Crippen LogP contribution in [-0.4, -0.2) is 50.7 Å². The van der Waals surface area contributed by atoms with E-state index in [-0.39, 0.29) is 0 Å². The van der Waals surface area contributed by atoms with Gasteiger partial charge in [0.1, 0.15) is 0 Å². The summed E-state index contributed by atoms with van der Waals surface area (Å²) >= 11 is -1.75. The van der Waals surface area contributed by atoms with E-state index in [9.17, 15) is 0 Å². The first-order chi connectivity index (χ1) is 9.00. The predicted octanol–water partition coefficient (Wildman–Crippen LogP) is 5.96. The van der Waals surface area contributed by atoms with Crippen LogP contribution in [0, 0.1) is 0 Å². The third kappa shape index (κ3) is 0.811. The summed E-state index contributed by atoms with van der Waals surface area (Å²) in [4.78, 5) is 0. The molecule has 0 atom stereocenters. The molecular formula is C16H36Si4Sn. The fourth-order valence-electron chi connectivity index (χ4n) is 10.4. The van der Waals surface area contributed by atoms with E-state index in [2.05, 4.69) is 78.6 Å². The minimum absolute atomic E-state index is 0.972. The van der Waals surface area contributed by atoms with E-state index >= 15 is 0 Å². The van der Waals surface area contributed by atoms with Crippen LogP contribution in [0.15, 0.2) is 0 Å². The molecular weight excluding hydrogens is 423 g/mol. The Kier molecular flexibility index (Phi) is 2.30. The molecule has 4 fully saturated rings. The van der Waals surface area contributed by atoms with Crippen LogP contribution in [0.25, 0.3) is 0 Å². The van der Waals surface area contributed by atoms with Crippen molar-refractivity contribution in [1.29, 1.82) is 0 Å². The molecule has 4 aliphatic rings. The van der Waals surface area contributed by atoms with Crippen LogP contribution >= 0.6 is 0 Å². The Morgan fingerprint density at radius 2 is 0.524 bits per heavy atom. The molecule has 0 saturated carbocycles. The molecule has 0 aliphatic carbocycles. The van der Waals surface area contributed by atoms with Gasteiger partial charge in [-0.3, -0.25) is 0 Å². The van der Waals surface area contributed by atoms with Crippen LogP contribution in [-0.2, 0) is 0 Å². The van der Waals surface area contributed by atoms with Gasteiger partial charge in [-0.2, -0.15) is 0 Å². The third-order valence-electron chi connectivity index (χ3n) is 8.75. The van der Waals surface area contributed by atoms with Crippen LogP contribution in [0.1, 0.15) is 0 Å². The van der Waals surface area contributed by atoms with Gasteiger partial charge in [0.2, 0.25) is 0 Å². The zero-order valence-corrected chi connectivity index (χ0v) is 23.4. The average molecular weight is 460 g/mol. The van der Waals surface area contributed by atoms with Crippen LogP contribution in [0.4, 0.5) is 0 Å². The third-order valence-corrected chi connectivity index (χ3v) is 81.8. The second kappa shape index (κ2) is 2.99. The molecule has 0 aromatic heterocycles. The number of hydrogen-bond acceptors (Lipinski definition) is 0. The molecule has 0 N–H and O–H groups in total. The molecule has 4 heterocycles. The van der Waals surface area contributed by atoms with Gasteiger partial charge >= 0.3 is 141 Å². The van der Waals surface area contributed by atoms with E-state index in [1.807, 2.05) is 0 Å². The monoisotopic (exact) mass is 460 g/mol. The van der Waals surface area contributed by atoms with Crippen molar-refractivity contribution in [2.24, 2.45) is 0 Å². The van der Waals surface area contributed by atoms with Crippen molar-refractivity contribution in [3.8, 4) is 0 Å². The van der Waals surface area contributed by atoms with Gasteiger partial charge in [0, 0.05) is 0 Å². The Morgan fingerprint density at radius 1 is 0.381 bits per heavy atom. The molecule has 0 radical (unpaired) electrons. The molecule has 0 aromatic carbocycles. The van der Waals surface area contributed by atoms with Gasteiger partial charge in [0.05, 0.1) is 0 Å². The van der Waals surface area contributed by atoms with Gasteiger partial charge in [-0.15, -0.1) is 0 Å². The van der Waals surface area contributed by atoms with Crippen LogP contribution in [0.5, 0.6) is 0 Å². The maximum atomic E-state index is 2.77. The van der Waals surface area contributed by atoms with Crippen molar-refractivity contribution in [1.82, 2.24) is 0 Å². The fourth-order valence-corrected chi connectivity index (χ4v) is 157. The van der Waals surface area contributed by atoms with Crippen LogP contribution in [0.3, 0.4) is 0 Å². The van der Waals surface area contributed by atoms with Gasteiger partial charge < -0.3 is 0 Å². The summed E-state index contributed by atoms with van der Waals surface area (Å²) in [5, 5.41) is 0. The fraction of sp³-hybridized carbons (Fsp3) is 1.00. The Bertz CT molecular complexity index is 476. The summed E-state index contributed by atoms with van der Waals surface area (Å²) in [5.74, 6) is 0. The molecule has 4 saturated heterocycles. The van der Waals surface area contributed by atoms with Crippen molar-refractivity contribution in [3.05, 3.63) is 0 Å². The number of fused-ring (bicyclic) bond motifs is 4. The van der Waals surface area contributed by atoms with Crippen molar-refractivity contribution >= 4 is 50.7 Å². The second-order valence-electron chi connectivity index (χ2n) is 12.8. The predicted molar refractivity (Wildman–Crippen MR) is 110 cm³/mol. The summed E-state index contributed by atoms with van der Waals surface area (Å²) < 4.78 is 4.54. The van der Waals surface area contributed by atoms with Crippen molar-refractivity contribution in [3.63, 3.8) is 0 Å². The molecule has 4 aliphatic heterocycles. The molecule has 0 amide bonds. The van der Waals surface area contributed by atoms with Gasteiger partial charge in [0.15, 0.2) is 0 Å². The van der Waals surface area contributed by atoms with E-state index in [4.69, 9.17) is 0 Å². The van der Waals surface area contributed by atoms with Gasteiger partial charge in [-0.1, -0.05) is 0 Å². The molecule has 0 nitrogen and oxygen atoms in total. The zero-order chi connectivity index (χ0) is 16.5. The van der Waals surface area contributed by atoms with Gasteiger partial charge in [0.25, 0.3) is 0 Å². The number of hydrogen-bond donors (Lipinski definition) is 0. The van der Waals surface area contributed by atoms with Crippen molar-refractivity contribution in [2.45, 2.75) is 90.8 Å². The molecule has 5 heteroatoms. The molecule has 0 bridgehead atoms. The first-order valence-corrected chi connectivity index (χ1v) is 28.7. The van der Waals surface area contributed by atoms with E-state index in [0.717, 1.165) is 12.2 Å². The summed E-state index contributed by atoms with van der Waals surface area (Å²) in [6, 6.07) is 0. The second-order valence-corrected chi connectivity index (χ2v) is 52.3. The SMILES string of the molecule is C[Si](C)(C)[C]12[C]3([Si](C)(C)C)[C]4([Si](C)(C)C)[C]1([Si](C)(C)C)[Sn]234. The summed E-state index contributed by atoms with van der Waals surface area (Å²) in [7, 11) is -3.89. The Labute approximate surface area is 140 Å². The summed E-state index contributed by atoms with van der Waals surface area (Å²) in [6.07, 6.45) is 0. The summed E-state index contributed by atoms with van der Waals surface area (Å²) in [6.45, 7) is 33.3. The van der Waals surface area contributed by atoms with Crippen molar-refractivity contribution in [2.75, 3.05) is 0 Å². The molecule has 1 spiro atoms. The Balaban J connectivity index is 1.95. The number of rotatable bonds is 4. The normalized spacial score (nSPS) is 56.6. The van der Waals surface area contributed by atoms with Crippen LogP contribution in [0.2, 0.25) is 90.8 Å². The molecule has 120 valence electrons. The zero-order valence-electron chi connectivity index (χ0n) is 16.5. The van der Waals surface area contributed by atoms with Gasteiger partial charge in [-0.05, 0) is 0 Å². The Hall–Kier alpha value is 1.67. The average Bonchev–Trinajstić information content (AvgIpc) is 2.73. The van der Waals surface area contributed by atoms with E-state index in [0.29, 0.717) is 0 Å². The molecule has 0 unspecified atom stereocenters. The van der Waals surface area contributed by atoms with E-state index in [1.54, 1.807) is 0 Å². The molecule has 4 rings (SSSR count). The van der Waals surface area contributed by atoms with Crippen LogP contribution < -0.4 is 0 Å². The van der Waals surface area contributed by atoms with Crippen molar-refractivity contribution < 1.29 is 0 Å². The topological polar surface area (TPSA) is 0 Å². The van der Waals surface area contributed by atoms with E-state index in [1.165, 1.54) is 0 Å². The van der Waals surface area contributed by atoms with E-state index < -0.39 is 50.7 Å². The first-order valence-electron chi connectivity index (χ1n) is 9.00. The standard InChI is InChI=1S/C16H36Si4.Sn/c1-17(2,3)13-14(18(4,5)6)16(20(10,11)12)15(13)19(7,8)9;/h1-12H3;. The van der Waals surface area contributed by atoms with Gasteiger partial charge in [-0.25, -0.2) is 0 Å². The first kappa shape index (κ1) is 16.2. The maximum absolute atomic E-state index is 2.77. The summed E-state index contributed by atoms with van der Waals surface area (Å²) in [5.41, 5.74) is 0. The quantitative estimate of drug-likeness (QED) is 0.455. The molecule has 0 aromatic rings.